The van der Waals surface area contributed by atoms with Crippen LogP contribution in [0.25, 0.3) is 0 Å². The molecular weight excluding hydrogens is 262 g/mol. The van der Waals surface area contributed by atoms with Gasteiger partial charge in [0.1, 0.15) is 0 Å². The van der Waals surface area contributed by atoms with Crippen molar-refractivity contribution in [2.45, 2.75) is 51.5 Å². The molecule has 1 aliphatic carbocycles. The zero-order valence-electron chi connectivity index (χ0n) is 13.2. The third-order valence-electron chi connectivity index (χ3n) is 4.22. The first-order valence-electron chi connectivity index (χ1n) is 8.30. The third-order valence-corrected chi connectivity index (χ3v) is 4.22. The summed E-state index contributed by atoms with van der Waals surface area (Å²) in [5, 5.41) is 10.9. The predicted octanol–water partition coefficient (Wildman–Crippen LogP) is 2.41. The zero-order chi connectivity index (χ0) is 14.8. The monoisotopic (exact) mass is 291 g/mol. The fraction of sp³-hybridized carbons (Fsp3) is 0.750. The predicted molar refractivity (Wildman–Crippen MR) is 87.4 cm³/mol. The van der Waals surface area contributed by atoms with Gasteiger partial charge in [-0.25, -0.2) is 0 Å². The van der Waals surface area contributed by atoms with Crippen molar-refractivity contribution in [3.8, 4) is 0 Å². The maximum Gasteiger partial charge on any atom is 0.191 e. The van der Waals surface area contributed by atoms with E-state index in [9.17, 15) is 0 Å². The zero-order valence-corrected chi connectivity index (χ0v) is 13.2. The molecule has 1 heterocycles. The number of aromatic nitrogens is 2. The Labute approximate surface area is 128 Å². The minimum atomic E-state index is 0.837. The van der Waals surface area contributed by atoms with Gasteiger partial charge in [-0.1, -0.05) is 32.1 Å². The SMILES string of the molecule is CN=C(NCCCC1CCCCC1)NCCn1cccn1. The maximum absolute atomic E-state index is 4.26. The Hall–Kier alpha value is -1.52. The second-order valence-electron chi connectivity index (χ2n) is 5.84. The number of nitrogens with one attached hydrogen (secondary N) is 2. The summed E-state index contributed by atoms with van der Waals surface area (Å²) in [4.78, 5) is 4.26. The van der Waals surface area contributed by atoms with Crippen LogP contribution in [-0.2, 0) is 6.54 Å². The van der Waals surface area contributed by atoms with Crippen molar-refractivity contribution in [3.63, 3.8) is 0 Å². The van der Waals surface area contributed by atoms with Gasteiger partial charge in [0.2, 0.25) is 0 Å². The minimum absolute atomic E-state index is 0.837. The van der Waals surface area contributed by atoms with Gasteiger partial charge in [0.15, 0.2) is 5.96 Å². The Morgan fingerprint density at radius 3 is 2.76 bits per heavy atom. The van der Waals surface area contributed by atoms with Crippen molar-refractivity contribution in [1.82, 2.24) is 20.4 Å². The number of aliphatic imine (C=N–C) groups is 1. The Morgan fingerprint density at radius 1 is 1.24 bits per heavy atom. The first-order valence-corrected chi connectivity index (χ1v) is 8.30. The summed E-state index contributed by atoms with van der Waals surface area (Å²) >= 11 is 0. The van der Waals surface area contributed by atoms with Gasteiger partial charge in [-0.3, -0.25) is 9.67 Å². The first kappa shape index (κ1) is 15.9. The van der Waals surface area contributed by atoms with Crippen LogP contribution in [0, 0.1) is 5.92 Å². The summed E-state index contributed by atoms with van der Waals surface area (Å²) in [5.74, 6) is 1.86. The summed E-state index contributed by atoms with van der Waals surface area (Å²) in [7, 11) is 1.82. The average molecular weight is 291 g/mol. The maximum atomic E-state index is 4.26. The lowest BCUT2D eigenvalue weighted by atomic mass is 9.86. The van der Waals surface area contributed by atoms with Gasteiger partial charge in [0, 0.05) is 32.5 Å². The summed E-state index contributed by atoms with van der Waals surface area (Å²) in [6, 6.07) is 1.94. The van der Waals surface area contributed by atoms with Crippen molar-refractivity contribution in [2.24, 2.45) is 10.9 Å². The largest absolute Gasteiger partial charge is 0.356 e. The number of hydrogen-bond acceptors (Lipinski definition) is 2. The van der Waals surface area contributed by atoms with E-state index in [1.807, 2.05) is 24.0 Å². The average Bonchev–Trinajstić information content (AvgIpc) is 3.04. The molecule has 5 heteroatoms. The summed E-state index contributed by atoms with van der Waals surface area (Å²) in [6.07, 6.45) is 13.6. The van der Waals surface area contributed by atoms with Crippen molar-refractivity contribution < 1.29 is 0 Å². The van der Waals surface area contributed by atoms with Crippen LogP contribution in [0.1, 0.15) is 44.9 Å². The van der Waals surface area contributed by atoms with E-state index in [4.69, 9.17) is 0 Å². The lowest BCUT2D eigenvalue weighted by Crippen LogP contribution is -2.39. The highest BCUT2D eigenvalue weighted by Gasteiger charge is 2.12. The van der Waals surface area contributed by atoms with Gasteiger partial charge in [-0.15, -0.1) is 0 Å². The van der Waals surface area contributed by atoms with E-state index < -0.39 is 0 Å². The Bertz CT molecular complexity index is 393. The number of rotatable bonds is 7. The summed E-state index contributed by atoms with van der Waals surface area (Å²) in [6.45, 7) is 2.71. The molecule has 118 valence electrons. The van der Waals surface area contributed by atoms with Crippen LogP contribution >= 0.6 is 0 Å². The summed E-state index contributed by atoms with van der Waals surface area (Å²) < 4.78 is 1.92. The highest BCUT2D eigenvalue weighted by atomic mass is 15.3. The molecule has 1 saturated carbocycles. The second kappa shape index (κ2) is 9.42. The van der Waals surface area contributed by atoms with Crippen molar-refractivity contribution in [3.05, 3.63) is 18.5 Å². The fourth-order valence-corrected chi connectivity index (χ4v) is 3.02. The molecule has 0 radical (unpaired) electrons. The Balaban J connectivity index is 1.53. The van der Waals surface area contributed by atoms with E-state index in [1.165, 1.54) is 44.9 Å². The van der Waals surface area contributed by atoms with E-state index >= 15 is 0 Å². The number of hydrogen-bond donors (Lipinski definition) is 2. The Morgan fingerprint density at radius 2 is 2.05 bits per heavy atom. The minimum Gasteiger partial charge on any atom is -0.356 e. The van der Waals surface area contributed by atoms with E-state index in [0.717, 1.165) is 31.5 Å². The normalized spacial score (nSPS) is 16.9. The lowest BCUT2D eigenvalue weighted by Gasteiger charge is -2.21. The molecule has 0 atom stereocenters. The molecule has 1 aromatic rings. The molecule has 0 aliphatic heterocycles. The van der Waals surface area contributed by atoms with Gasteiger partial charge in [-0.05, 0) is 24.8 Å². The van der Waals surface area contributed by atoms with Crippen LogP contribution in [0.3, 0.4) is 0 Å². The van der Waals surface area contributed by atoms with Crippen molar-refractivity contribution >= 4 is 5.96 Å². The fourth-order valence-electron chi connectivity index (χ4n) is 3.02. The topological polar surface area (TPSA) is 54.2 Å². The molecule has 1 fully saturated rings. The van der Waals surface area contributed by atoms with Crippen molar-refractivity contribution in [1.29, 1.82) is 0 Å². The molecule has 0 saturated heterocycles. The number of nitrogens with zero attached hydrogens (tertiary/aromatic N) is 3. The molecule has 0 unspecified atom stereocenters. The standard InChI is InChI=1S/C16H29N5/c1-17-16(19-12-14-21-13-6-11-20-21)18-10-5-9-15-7-3-2-4-8-15/h6,11,13,15H,2-5,7-10,12,14H2,1H3,(H2,17,18,19). The first-order chi connectivity index (χ1) is 10.4. The molecule has 21 heavy (non-hydrogen) atoms. The number of guanidine groups is 1. The van der Waals surface area contributed by atoms with Gasteiger partial charge in [-0.2, -0.15) is 5.10 Å². The van der Waals surface area contributed by atoms with Gasteiger partial charge in [0.25, 0.3) is 0 Å². The molecule has 0 bridgehead atoms. The molecule has 1 aliphatic rings. The van der Waals surface area contributed by atoms with E-state index in [2.05, 4.69) is 20.7 Å². The van der Waals surface area contributed by atoms with Crippen LogP contribution in [0.4, 0.5) is 0 Å². The van der Waals surface area contributed by atoms with Gasteiger partial charge in [0.05, 0.1) is 6.54 Å². The molecular formula is C16H29N5. The molecule has 0 spiro atoms. The molecule has 0 aromatic carbocycles. The molecule has 0 amide bonds. The Kier molecular flexibility index (Phi) is 7.12. The lowest BCUT2D eigenvalue weighted by molar-refractivity contribution is 0.332. The molecule has 1 aromatic heterocycles. The van der Waals surface area contributed by atoms with E-state index in [1.54, 1.807) is 6.20 Å². The van der Waals surface area contributed by atoms with E-state index in [-0.39, 0.29) is 0 Å². The second-order valence-corrected chi connectivity index (χ2v) is 5.84. The smallest absolute Gasteiger partial charge is 0.191 e. The molecule has 2 N–H and O–H groups in total. The van der Waals surface area contributed by atoms with Crippen LogP contribution in [0.5, 0.6) is 0 Å². The molecule has 2 rings (SSSR count). The molecule has 5 nitrogen and oxygen atoms in total. The van der Waals surface area contributed by atoms with Gasteiger partial charge >= 0.3 is 0 Å². The van der Waals surface area contributed by atoms with Crippen molar-refractivity contribution in [2.75, 3.05) is 20.1 Å². The van der Waals surface area contributed by atoms with Gasteiger partial charge < -0.3 is 10.6 Å². The third kappa shape index (κ3) is 6.19. The van der Waals surface area contributed by atoms with Crippen LogP contribution in [0.15, 0.2) is 23.5 Å². The van der Waals surface area contributed by atoms with E-state index in [0.29, 0.717) is 0 Å². The van der Waals surface area contributed by atoms with Crippen LogP contribution < -0.4 is 10.6 Å². The summed E-state index contributed by atoms with van der Waals surface area (Å²) in [5.41, 5.74) is 0. The highest BCUT2D eigenvalue weighted by molar-refractivity contribution is 5.79. The van der Waals surface area contributed by atoms with Crippen LogP contribution in [0.2, 0.25) is 0 Å². The highest BCUT2D eigenvalue weighted by Crippen LogP contribution is 2.26. The quantitative estimate of drug-likeness (QED) is 0.461. The van der Waals surface area contributed by atoms with Crippen LogP contribution in [-0.4, -0.2) is 35.9 Å².